The number of benzene rings is 2. The first-order valence-electron chi connectivity index (χ1n) is 7.85. The molecule has 5 nitrogen and oxygen atoms in total. The second kappa shape index (κ2) is 8.56. The van der Waals surface area contributed by atoms with Gasteiger partial charge in [-0.1, -0.05) is 59.8 Å². The van der Waals surface area contributed by atoms with Gasteiger partial charge in [-0.3, -0.25) is 9.69 Å². The summed E-state index contributed by atoms with van der Waals surface area (Å²) >= 11 is 12.0. The lowest BCUT2D eigenvalue weighted by molar-refractivity contribution is -0.305. The Hall–Kier alpha value is -2.35. The Balaban J connectivity index is 1.64. The molecule has 1 amide bonds. The van der Waals surface area contributed by atoms with Crippen molar-refractivity contribution >= 4 is 57.9 Å². The third kappa shape index (κ3) is 5.09. The molecule has 0 bridgehead atoms. The number of thiocarbonyl (C=S) groups is 1. The second-order valence-electron chi connectivity index (χ2n) is 5.62. The first-order chi connectivity index (χ1) is 12.9. The molecule has 0 atom stereocenters. The van der Waals surface area contributed by atoms with Crippen LogP contribution in [0.4, 0.5) is 0 Å². The predicted octanol–water partition coefficient (Wildman–Crippen LogP) is 2.87. The smallest absolute Gasteiger partial charge is 0.266 e. The summed E-state index contributed by atoms with van der Waals surface area (Å²) in [6.45, 7) is -0.127. The van der Waals surface area contributed by atoms with E-state index in [1.807, 2.05) is 24.3 Å². The molecule has 0 aromatic heterocycles. The molecule has 0 spiro atoms. The zero-order chi connectivity index (χ0) is 19.4. The van der Waals surface area contributed by atoms with Crippen LogP contribution in [0.1, 0.15) is 11.1 Å². The van der Waals surface area contributed by atoms with Crippen molar-refractivity contribution in [3.05, 3.63) is 69.6 Å². The van der Waals surface area contributed by atoms with E-state index in [0.29, 0.717) is 22.3 Å². The molecule has 0 aliphatic carbocycles. The number of carbonyl (C=O) groups excluding carboxylic acids is 2. The van der Waals surface area contributed by atoms with Crippen molar-refractivity contribution in [1.82, 2.24) is 4.90 Å². The summed E-state index contributed by atoms with van der Waals surface area (Å²) in [7, 11) is 0. The first kappa shape index (κ1) is 19.4. The molecule has 27 heavy (non-hydrogen) atoms. The molecule has 1 saturated heterocycles. The number of halogens is 1. The van der Waals surface area contributed by atoms with Crippen LogP contribution in [-0.2, 0) is 16.2 Å². The van der Waals surface area contributed by atoms with Gasteiger partial charge < -0.3 is 14.6 Å². The van der Waals surface area contributed by atoms with Gasteiger partial charge >= 0.3 is 0 Å². The molecule has 0 saturated carbocycles. The minimum atomic E-state index is -1.35. The maximum absolute atomic E-state index is 12.2. The summed E-state index contributed by atoms with van der Waals surface area (Å²) in [5, 5.41) is 11.4. The number of aliphatic carboxylic acids is 1. The number of carboxylic acids is 1. The number of amides is 1. The van der Waals surface area contributed by atoms with Gasteiger partial charge in [-0.15, -0.1) is 0 Å². The molecule has 2 aromatic rings. The lowest BCUT2D eigenvalue weighted by Gasteiger charge is -2.14. The molecule has 0 unspecified atom stereocenters. The zero-order valence-corrected chi connectivity index (χ0v) is 16.3. The summed E-state index contributed by atoms with van der Waals surface area (Å²) < 4.78 is 5.93. The van der Waals surface area contributed by atoms with Gasteiger partial charge in [0.15, 0.2) is 0 Å². The van der Waals surface area contributed by atoms with E-state index in [1.165, 1.54) is 0 Å². The minimum Gasteiger partial charge on any atom is -0.548 e. The second-order valence-corrected chi connectivity index (χ2v) is 7.74. The Kier molecular flexibility index (Phi) is 6.15. The highest BCUT2D eigenvalue weighted by atomic mass is 35.5. The topological polar surface area (TPSA) is 69.7 Å². The predicted molar refractivity (Wildman–Crippen MR) is 107 cm³/mol. The molecular formula is C19H13ClNO4S2-. The Morgan fingerprint density at radius 1 is 1.19 bits per heavy atom. The van der Waals surface area contributed by atoms with Crippen molar-refractivity contribution in [2.75, 3.05) is 6.54 Å². The Morgan fingerprint density at radius 2 is 1.85 bits per heavy atom. The molecule has 1 heterocycles. The molecule has 2 aromatic carbocycles. The van der Waals surface area contributed by atoms with Gasteiger partial charge in [0.05, 0.1) is 17.4 Å². The van der Waals surface area contributed by atoms with E-state index in [-0.39, 0.29) is 4.32 Å². The van der Waals surface area contributed by atoms with E-state index in [4.69, 9.17) is 28.6 Å². The van der Waals surface area contributed by atoms with Crippen molar-refractivity contribution < 1.29 is 19.4 Å². The van der Waals surface area contributed by atoms with E-state index in [9.17, 15) is 14.7 Å². The number of carboxylic acid groups (broad SMARTS) is 1. The molecule has 138 valence electrons. The summed E-state index contributed by atoms with van der Waals surface area (Å²) in [6.07, 6.45) is 1.66. The first-order valence-corrected chi connectivity index (χ1v) is 9.45. The van der Waals surface area contributed by atoms with Crippen LogP contribution in [0.5, 0.6) is 5.75 Å². The molecule has 1 fully saturated rings. The Morgan fingerprint density at radius 3 is 2.48 bits per heavy atom. The van der Waals surface area contributed by atoms with E-state index < -0.39 is 18.4 Å². The fraction of sp³-hybridized carbons (Fsp3) is 0.105. The molecule has 8 heteroatoms. The van der Waals surface area contributed by atoms with Crippen LogP contribution in [0.25, 0.3) is 6.08 Å². The van der Waals surface area contributed by atoms with Gasteiger partial charge in [0.2, 0.25) is 0 Å². The third-order valence-corrected chi connectivity index (χ3v) is 5.29. The number of nitrogens with zero attached hydrogens (tertiary/aromatic N) is 1. The van der Waals surface area contributed by atoms with Crippen molar-refractivity contribution in [3.8, 4) is 5.75 Å². The van der Waals surface area contributed by atoms with E-state index in [0.717, 1.165) is 27.8 Å². The lowest BCUT2D eigenvalue weighted by atomic mass is 10.2. The molecule has 0 radical (unpaired) electrons. The maximum Gasteiger partial charge on any atom is 0.266 e. The molecule has 3 rings (SSSR count). The van der Waals surface area contributed by atoms with Crippen LogP contribution >= 0.6 is 35.6 Å². The van der Waals surface area contributed by atoms with Gasteiger partial charge in [-0.25, -0.2) is 0 Å². The number of hydrogen-bond donors (Lipinski definition) is 0. The average Bonchev–Trinajstić information content (AvgIpc) is 2.89. The zero-order valence-electron chi connectivity index (χ0n) is 13.9. The van der Waals surface area contributed by atoms with Crippen LogP contribution in [0.2, 0.25) is 5.02 Å². The summed E-state index contributed by atoms with van der Waals surface area (Å²) in [5.41, 5.74) is 1.78. The van der Waals surface area contributed by atoms with Crippen molar-refractivity contribution in [3.63, 3.8) is 0 Å². The van der Waals surface area contributed by atoms with Crippen LogP contribution in [0, 0.1) is 0 Å². The Bertz CT molecular complexity index is 910. The van der Waals surface area contributed by atoms with Crippen molar-refractivity contribution in [2.24, 2.45) is 0 Å². The number of rotatable bonds is 6. The van der Waals surface area contributed by atoms with Gasteiger partial charge in [-0.05, 0) is 41.5 Å². The van der Waals surface area contributed by atoms with Crippen LogP contribution in [0.15, 0.2) is 53.4 Å². The fourth-order valence-corrected chi connectivity index (χ4v) is 3.71. The summed E-state index contributed by atoms with van der Waals surface area (Å²) in [4.78, 5) is 24.3. The highest BCUT2D eigenvalue weighted by Crippen LogP contribution is 2.32. The van der Waals surface area contributed by atoms with Crippen molar-refractivity contribution in [2.45, 2.75) is 6.61 Å². The standard InChI is InChI=1S/C19H14ClNO4S2/c20-14-5-1-13(2-6-14)11-25-15-7-3-12(4-8-15)9-16-18(24)21(10-17(22)23)19(26)27-16/h1-9H,10-11H2,(H,22,23)/p-1/b16-9+. The van der Waals surface area contributed by atoms with Crippen LogP contribution < -0.4 is 9.84 Å². The Labute approximate surface area is 170 Å². The SMILES string of the molecule is O=C([O-])CN1C(=O)/C(=C\c2ccc(OCc3ccc(Cl)cc3)cc2)SC1=S. The molecule has 0 N–H and O–H groups in total. The number of thioether (sulfide) groups is 1. The summed E-state index contributed by atoms with van der Waals surface area (Å²) in [6, 6.07) is 14.6. The van der Waals surface area contributed by atoms with E-state index in [2.05, 4.69) is 0 Å². The number of hydrogen-bond acceptors (Lipinski definition) is 6. The number of ether oxygens (including phenoxy) is 1. The number of carbonyl (C=O) groups is 2. The van der Waals surface area contributed by atoms with E-state index in [1.54, 1.807) is 30.3 Å². The van der Waals surface area contributed by atoms with Gasteiger partial charge in [0, 0.05) is 5.02 Å². The molecule has 1 aliphatic heterocycles. The van der Waals surface area contributed by atoms with Crippen molar-refractivity contribution in [1.29, 1.82) is 0 Å². The van der Waals surface area contributed by atoms with Crippen LogP contribution in [0.3, 0.4) is 0 Å². The van der Waals surface area contributed by atoms with Gasteiger partial charge in [0.1, 0.15) is 16.7 Å². The maximum atomic E-state index is 12.2. The summed E-state index contributed by atoms with van der Waals surface area (Å²) in [5.74, 6) is -1.10. The quantitative estimate of drug-likeness (QED) is 0.530. The normalized spacial score (nSPS) is 15.4. The molecular weight excluding hydrogens is 406 g/mol. The third-order valence-electron chi connectivity index (χ3n) is 3.66. The lowest BCUT2D eigenvalue weighted by Crippen LogP contribution is -2.40. The minimum absolute atomic E-state index is 0.207. The average molecular weight is 419 g/mol. The highest BCUT2D eigenvalue weighted by Gasteiger charge is 2.31. The van der Waals surface area contributed by atoms with Crippen LogP contribution in [-0.4, -0.2) is 27.6 Å². The fourth-order valence-electron chi connectivity index (χ4n) is 2.32. The molecule has 1 aliphatic rings. The largest absolute Gasteiger partial charge is 0.548 e. The van der Waals surface area contributed by atoms with Gasteiger partial charge in [-0.2, -0.15) is 0 Å². The van der Waals surface area contributed by atoms with Gasteiger partial charge in [0.25, 0.3) is 5.91 Å². The highest BCUT2D eigenvalue weighted by molar-refractivity contribution is 8.26. The monoisotopic (exact) mass is 418 g/mol. The van der Waals surface area contributed by atoms with E-state index >= 15 is 0 Å².